The number of aryl methyl sites for hydroxylation is 4. The van der Waals surface area contributed by atoms with Crippen molar-refractivity contribution in [2.24, 2.45) is 7.05 Å². The van der Waals surface area contributed by atoms with Crippen molar-refractivity contribution in [1.29, 1.82) is 0 Å². The number of benzene rings is 1. The Kier molecular flexibility index (Phi) is 5.07. The van der Waals surface area contributed by atoms with E-state index in [1.54, 1.807) is 0 Å². The molecule has 0 aliphatic carbocycles. The second-order valence-corrected chi connectivity index (χ2v) is 5.85. The summed E-state index contributed by atoms with van der Waals surface area (Å²) in [6.45, 7) is 7.35. The lowest BCUT2D eigenvalue weighted by atomic mass is 9.90. The van der Waals surface area contributed by atoms with Crippen molar-refractivity contribution >= 4 is 11.7 Å². The number of anilines is 1. The van der Waals surface area contributed by atoms with Gasteiger partial charge in [-0.15, -0.1) is 5.10 Å². The van der Waals surface area contributed by atoms with Crippen molar-refractivity contribution in [3.8, 4) is 16.9 Å². The predicted octanol–water partition coefficient (Wildman–Crippen LogP) is 2.54. The molecule has 1 aromatic heterocycles. The van der Waals surface area contributed by atoms with Crippen LogP contribution in [-0.4, -0.2) is 20.8 Å². The Morgan fingerprint density at radius 1 is 1.21 bits per heavy atom. The van der Waals surface area contributed by atoms with E-state index in [0.717, 1.165) is 39.8 Å². The summed E-state index contributed by atoms with van der Waals surface area (Å²) in [5.41, 5.74) is 3.61. The number of rotatable bonds is 4. The van der Waals surface area contributed by atoms with Gasteiger partial charge in [0.25, 0.3) is 5.56 Å². The quantitative estimate of drug-likeness (QED) is 0.903. The minimum Gasteiger partial charge on any atom is -0.504 e. The van der Waals surface area contributed by atoms with Crippen LogP contribution < -0.4 is 10.9 Å². The summed E-state index contributed by atoms with van der Waals surface area (Å²) < 4.78 is 1.14. The molecule has 1 heterocycles. The van der Waals surface area contributed by atoms with Gasteiger partial charge in [-0.05, 0) is 36.5 Å². The maximum Gasteiger partial charge on any atom is 0.278 e. The molecule has 6 heteroatoms. The average Bonchev–Trinajstić information content (AvgIpc) is 2.52. The lowest BCUT2D eigenvalue weighted by Crippen LogP contribution is -2.24. The molecular weight excluding hydrogens is 306 g/mol. The van der Waals surface area contributed by atoms with Crippen molar-refractivity contribution in [1.82, 2.24) is 9.78 Å². The van der Waals surface area contributed by atoms with E-state index in [1.807, 2.05) is 32.9 Å². The molecule has 2 aromatic rings. The van der Waals surface area contributed by atoms with Crippen LogP contribution in [0.25, 0.3) is 11.1 Å². The average molecular weight is 329 g/mol. The fourth-order valence-corrected chi connectivity index (χ4v) is 2.92. The minimum absolute atomic E-state index is 0.00992. The van der Waals surface area contributed by atoms with Gasteiger partial charge in [0, 0.05) is 14.0 Å². The van der Waals surface area contributed by atoms with Crippen LogP contribution in [0.15, 0.2) is 16.9 Å². The Labute approximate surface area is 141 Å². The minimum atomic E-state index is -0.394. The molecule has 0 unspecified atom stereocenters. The Morgan fingerprint density at radius 3 is 2.21 bits per heavy atom. The molecule has 0 radical (unpaired) electrons. The molecule has 0 aliphatic heterocycles. The highest BCUT2D eigenvalue weighted by Gasteiger charge is 2.22. The number of carbonyl (C=O) groups excluding carboxylic acids is 1. The van der Waals surface area contributed by atoms with Gasteiger partial charge < -0.3 is 10.4 Å². The third-order valence-electron chi connectivity index (χ3n) is 3.97. The van der Waals surface area contributed by atoms with Gasteiger partial charge in [0.15, 0.2) is 11.6 Å². The monoisotopic (exact) mass is 329 g/mol. The number of aromatic nitrogens is 2. The highest BCUT2D eigenvalue weighted by Crippen LogP contribution is 2.36. The molecule has 0 aliphatic rings. The van der Waals surface area contributed by atoms with Gasteiger partial charge in [-0.1, -0.05) is 31.5 Å². The van der Waals surface area contributed by atoms with Gasteiger partial charge in [0.1, 0.15) is 0 Å². The van der Waals surface area contributed by atoms with E-state index in [2.05, 4.69) is 10.4 Å². The maximum absolute atomic E-state index is 12.7. The number of nitrogens with zero attached hydrogens (tertiary/aromatic N) is 2. The van der Waals surface area contributed by atoms with Gasteiger partial charge >= 0.3 is 0 Å². The molecule has 128 valence electrons. The topological polar surface area (TPSA) is 84.2 Å². The van der Waals surface area contributed by atoms with Crippen molar-refractivity contribution < 1.29 is 9.90 Å². The van der Waals surface area contributed by atoms with Crippen LogP contribution >= 0.6 is 0 Å². The zero-order valence-electron chi connectivity index (χ0n) is 14.7. The molecule has 6 nitrogen and oxygen atoms in total. The number of hydrogen-bond acceptors (Lipinski definition) is 4. The van der Waals surface area contributed by atoms with Crippen molar-refractivity contribution in [3.05, 3.63) is 39.2 Å². The fourth-order valence-electron chi connectivity index (χ4n) is 2.92. The molecule has 2 N–H and O–H groups in total. The molecule has 0 saturated heterocycles. The Morgan fingerprint density at radius 2 is 1.75 bits per heavy atom. The van der Waals surface area contributed by atoms with E-state index >= 15 is 0 Å². The number of amides is 1. The Hall–Kier alpha value is -2.63. The molecule has 1 amide bonds. The van der Waals surface area contributed by atoms with Crippen molar-refractivity contribution in [3.63, 3.8) is 0 Å². The number of aromatic hydroxyl groups is 1. The smallest absolute Gasteiger partial charge is 0.278 e. The Bertz CT molecular complexity index is 828. The number of nitrogens with one attached hydrogen (secondary N) is 1. The van der Waals surface area contributed by atoms with E-state index in [-0.39, 0.29) is 23.0 Å². The summed E-state index contributed by atoms with van der Waals surface area (Å²) in [7, 11) is 1.50. The summed E-state index contributed by atoms with van der Waals surface area (Å²) in [5, 5.41) is 17.0. The van der Waals surface area contributed by atoms with Gasteiger partial charge in [-0.25, -0.2) is 4.68 Å². The fraction of sp³-hybridized carbons (Fsp3) is 0.389. The van der Waals surface area contributed by atoms with Crippen LogP contribution in [-0.2, 0) is 24.7 Å². The van der Waals surface area contributed by atoms with Crippen LogP contribution in [0.2, 0.25) is 0 Å². The molecule has 1 aromatic carbocycles. The first kappa shape index (κ1) is 17.7. The first-order chi connectivity index (χ1) is 11.3. The zero-order chi connectivity index (χ0) is 18.0. The van der Waals surface area contributed by atoms with Gasteiger partial charge in [0.05, 0.1) is 5.56 Å². The zero-order valence-corrected chi connectivity index (χ0v) is 14.7. The maximum atomic E-state index is 12.7. The summed E-state index contributed by atoms with van der Waals surface area (Å²) >= 11 is 0. The highest BCUT2D eigenvalue weighted by molar-refractivity contribution is 5.91. The first-order valence-corrected chi connectivity index (χ1v) is 8.00. The van der Waals surface area contributed by atoms with Gasteiger partial charge in [-0.2, -0.15) is 0 Å². The lowest BCUT2D eigenvalue weighted by molar-refractivity contribution is -0.114. The van der Waals surface area contributed by atoms with Crippen LogP contribution in [0, 0.1) is 6.92 Å². The standard InChI is InChI=1S/C18H23N3O3/c1-6-12-8-10(3)9-13(7-2)14(12)15-16(23)17(19-11(4)22)20-21(5)18(15)24/h8-9,23H,6-7H2,1-5H3,(H,19,20,22). The SMILES string of the molecule is CCc1cc(C)cc(CC)c1-c1c(O)c(NC(C)=O)nn(C)c1=O. The van der Waals surface area contributed by atoms with E-state index in [1.165, 1.54) is 14.0 Å². The van der Waals surface area contributed by atoms with Crippen molar-refractivity contribution in [2.45, 2.75) is 40.5 Å². The largest absolute Gasteiger partial charge is 0.504 e. The second kappa shape index (κ2) is 6.86. The van der Waals surface area contributed by atoms with E-state index in [9.17, 15) is 14.7 Å². The summed E-state index contributed by atoms with van der Waals surface area (Å²) in [5.74, 6) is -0.663. The molecule has 0 saturated carbocycles. The Balaban J connectivity index is 2.89. The third kappa shape index (κ3) is 3.18. The summed E-state index contributed by atoms with van der Waals surface area (Å²) in [6.07, 6.45) is 1.45. The van der Waals surface area contributed by atoms with Crippen LogP contribution in [0.5, 0.6) is 5.75 Å². The van der Waals surface area contributed by atoms with E-state index < -0.39 is 5.56 Å². The normalized spacial score (nSPS) is 10.7. The molecule has 0 spiro atoms. The van der Waals surface area contributed by atoms with E-state index in [4.69, 9.17) is 0 Å². The molecule has 2 rings (SSSR count). The number of hydrogen-bond donors (Lipinski definition) is 2. The number of carbonyl (C=O) groups is 1. The van der Waals surface area contributed by atoms with Crippen molar-refractivity contribution in [2.75, 3.05) is 5.32 Å². The third-order valence-corrected chi connectivity index (χ3v) is 3.97. The molecule has 0 atom stereocenters. The second-order valence-electron chi connectivity index (χ2n) is 5.85. The van der Waals surface area contributed by atoms with Crippen LogP contribution in [0.1, 0.15) is 37.5 Å². The summed E-state index contributed by atoms with van der Waals surface area (Å²) in [6, 6.07) is 4.04. The summed E-state index contributed by atoms with van der Waals surface area (Å²) in [4.78, 5) is 24.0. The predicted molar refractivity (Wildman–Crippen MR) is 94.4 cm³/mol. The lowest BCUT2D eigenvalue weighted by Gasteiger charge is -2.17. The highest BCUT2D eigenvalue weighted by atomic mass is 16.3. The van der Waals surface area contributed by atoms with Crippen LogP contribution in [0.4, 0.5) is 5.82 Å². The van der Waals surface area contributed by atoms with Gasteiger partial charge in [-0.3, -0.25) is 9.59 Å². The molecule has 0 fully saturated rings. The van der Waals surface area contributed by atoms with Crippen LogP contribution in [0.3, 0.4) is 0 Å². The van der Waals surface area contributed by atoms with Gasteiger partial charge in [0.2, 0.25) is 5.91 Å². The molecule has 24 heavy (non-hydrogen) atoms. The molecule has 0 bridgehead atoms. The van der Waals surface area contributed by atoms with E-state index in [0.29, 0.717) is 0 Å². The first-order valence-electron chi connectivity index (χ1n) is 8.00. The molecular formula is C18H23N3O3.